The molecule has 0 bridgehead atoms. The SMILES string of the molecule is NC(=O)c1cc(F)ccc1NCCn1cnc(C(=O)O)c1. The number of aromatic nitrogens is 2. The maximum atomic E-state index is 13.1. The number of halogens is 1. The van der Waals surface area contributed by atoms with Crippen LogP contribution in [0, 0.1) is 5.82 Å². The maximum absolute atomic E-state index is 13.1. The number of nitrogens with zero attached hydrogens (tertiary/aromatic N) is 2. The van der Waals surface area contributed by atoms with Crippen molar-refractivity contribution in [1.29, 1.82) is 0 Å². The van der Waals surface area contributed by atoms with Crippen molar-refractivity contribution in [2.45, 2.75) is 6.54 Å². The summed E-state index contributed by atoms with van der Waals surface area (Å²) < 4.78 is 14.7. The van der Waals surface area contributed by atoms with Crippen LogP contribution in [0.15, 0.2) is 30.7 Å². The molecular formula is C13H13FN4O3. The van der Waals surface area contributed by atoms with Gasteiger partial charge in [0.05, 0.1) is 11.9 Å². The second-order valence-electron chi connectivity index (χ2n) is 4.28. The van der Waals surface area contributed by atoms with Gasteiger partial charge in [0.25, 0.3) is 5.91 Å². The smallest absolute Gasteiger partial charge is 0.356 e. The van der Waals surface area contributed by atoms with Gasteiger partial charge in [-0.1, -0.05) is 0 Å². The summed E-state index contributed by atoms with van der Waals surface area (Å²) in [5, 5.41) is 11.7. The van der Waals surface area contributed by atoms with Gasteiger partial charge in [0.1, 0.15) is 5.82 Å². The van der Waals surface area contributed by atoms with E-state index >= 15 is 0 Å². The summed E-state index contributed by atoms with van der Waals surface area (Å²) in [7, 11) is 0. The number of amides is 1. The number of carboxylic acids is 1. The van der Waals surface area contributed by atoms with Crippen molar-refractivity contribution in [2.75, 3.05) is 11.9 Å². The summed E-state index contributed by atoms with van der Waals surface area (Å²) in [5.41, 5.74) is 5.61. The lowest BCUT2D eigenvalue weighted by Gasteiger charge is -2.10. The zero-order valence-corrected chi connectivity index (χ0v) is 10.9. The summed E-state index contributed by atoms with van der Waals surface area (Å²) in [5.74, 6) is -2.38. The molecule has 1 aromatic carbocycles. The lowest BCUT2D eigenvalue weighted by molar-refractivity contribution is 0.0690. The fraction of sp³-hybridized carbons (Fsp3) is 0.154. The normalized spacial score (nSPS) is 10.3. The Balaban J connectivity index is 2.00. The number of hydrogen-bond acceptors (Lipinski definition) is 4. The van der Waals surface area contributed by atoms with Crippen molar-refractivity contribution in [2.24, 2.45) is 5.73 Å². The van der Waals surface area contributed by atoms with Crippen LogP contribution in [0.1, 0.15) is 20.8 Å². The number of carbonyl (C=O) groups excluding carboxylic acids is 1. The van der Waals surface area contributed by atoms with E-state index in [9.17, 15) is 14.0 Å². The zero-order chi connectivity index (χ0) is 15.4. The van der Waals surface area contributed by atoms with Gasteiger partial charge in [-0.15, -0.1) is 0 Å². The van der Waals surface area contributed by atoms with Crippen LogP contribution in [0.3, 0.4) is 0 Å². The molecule has 0 unspecified atom stereocenters. The average molecular weight is 292 g/mol. The van der Waals surface area contributed by atoms with E-state index in [4.69, 9.17) is 10.8 Å². The van der Waals surface area contributed by atoms with E-state index < -0.39 is 17.7 Å². The number of aromatic carboxylic acids is 1. The molecule has 1 amide bonds. The van der Waals surface area contributed by atoms with Crippen molar-refractivity contribution in [3.8, 4) is 0 Å². The highest BCUT2D eigenvalue weighted by atomic mass is 19.1. The first-order chi connectivity index (χ1) is 9.97. The third-order valence-electron chi connectivity index (χ3n) is 2.78. The molecule has 110 valence electrons. The Morgan fingerprint density at radius 2 is 2.19 bits per heavy atom. The molecule has 1 heterocycles. The first-order valence-electron chi connectivity index (χ1n) is 6.05. The standard InChI is InChI=1S/C13H13FN4O3/c14-8-1-2-10(9(5-8)12(15)19)16-3-4-18-6-11(13(20)21)17-7-18/h1-2,5-7,16H,3-4H2,(H2,15,19)(H,20,21). The van der Waals surface area contributed by atoms with Gasteiger partial charge in [-0.2, -0.15) is 0 Å². The molecule has 0 spiro atoms. The van der Waals surface area contributed by atoms with Crippen LogP contribution in [0.5, 0.6) is 0 Å². The quantitative estimate of drug-likeness (QED) is 0.733. The van der Waals surface area contributed by atoms with Gasteiger partial charge in [0.15, 0.2) is 5.69 Å². The Morgan fingerprint density at radius 1 is 1.43 bits per heavy atom. The number of hydrogen-bond donors (Lipinski definition) is 3. The second-order valence-corrected chi connectivity index (χ2v) is 4.28. The number of nitrogens with one attached hydrogen (secondary N) is 1. The Hall–Kier alpha value is -2.90. The Labute approximate surface area is 119 Å². The van der Waals surface area contributed by atoms with Crippen molar-refractivity contribution in [3.05, 3.63) is 47.8 Å². The van der Waals surface area contributed by atoms with Crippen LogP contribution in [0.4, 0.5) is 10.1 Å². The van der Waals surface area contributed by atoms with E-state index in [1.807, 2.05) is 0 Å². The predicted octanol–water partition coefficient (Wildman–Crippen LogP) is 0.931. The third kappa shape index (κ3) is 3.56. The Morgan fingerprint density at radius 3 is 2.81 bits per heavy atom. The van der Waals surface area contributed by atoms with Gasteiger partial charge < -0.3 is 20.7 Å². The molecule has 0 radical (unpaired) electrons. The monoisotopic (exact) mass is 292 g/mol. The predicted molar refractivity (Wildman–Crippen MR) is 72.6 cm³/mol. The van der Waals surface area contributed by atoms with Crippen molar-refractivity contribution in [1.82, 2.24) is 9.55 Å². The molecule has 0 atom stereocenters. The van der Waals surface area contributed by atoms with Gasteiger partial charge in [0.2, 0.25) is 0 Å². The van der Waals surface area contributed by atoms with Crippen LogP contribution in [-0.4, -0.2) is 33.1 Å². The molecule has 21 heavy (non-hydrogen) atoms. The van der Waals surface area contributed by atoms with Gasteiger partial charge >= 0.3 is 5.97 Å². The lowest BCUT2D eigenvalue weighted by atomic mass is 10.1. The lowest BCUT2D eigenvalue weighted by Crippen LogP contribution is -2.16. The van der Waals surface area contributed by atoms with Crippen molar-refractivity contribution in [3.63, 3.8) is 0 Å². The fourth-order valence-electron chi connectivity index (χ4n) is 1.79. The summed E-state index contributed by atoms with van der Waals surface area (Å²) in [6.07, 6.45) is 2.79. The number of anilines is 1. The molecule has 0 aliphatic rings. The van der Waals surface area contributed by atoms with Crippen LogP contribution < -0.4 is 11.1 Å². The number of imidazole rings is 1. The average Bonchev–Trinajstić information content (AvgIpc) is 2.89. The highest BCUT2D eigenvalue weighted by Gasteiger charge is 2.10. The number of carbonyl (C=O) groups is 2. The molecule has 0 fully saturated rings. The minimum absolute atomic E-state index is 0.0467. The largest absolute Gasteiger partial charge is 0.476 e. The van der Waals surface area contributed by atoms with Crippen LogP contribution >= 0.6 is 0 Å². The van der Waals surface area contributed by atoms with E-state index in [0.29, 0.717) is 18.8 Å². The minimum Gasteiger partial charge on any atom is -0.476 e. The minimum atomic E-state index is -1.10. The summed E-state index contributed by atoms with van der Waals surface area (Å²) in [6, 6.07) is 3.70. The number of primary amides is 1. The first-order valence-corrected chi connectivity index (χ1v) is 6.05. The molecule has 1 aromatic heterocycles. The van der Waals surface area contributed by atoms with E-state index in [-0.39, 0.29) is 11.3 Å². The second kappa shape index (κ2) is 6.04. The third-order valence-corrected chi connectivity index (χ3v) is 2.78. The molecule has 0 aliphatic carbocycles. The number of benzene rings is 1. The van der Waals surface area contributed by atoms with Gasteiger partial charge in [-0.05, 0) is 18.2 Å². The highest BCUT2D eigenvalue weighted by molar-refractivity contribution is 5.98. The van der Waals surface area contributed by atoms with Gasteiger partial charge in [-0.25, -0.2) is 14.2 Å². The number of rotatable bonds is 6. The summed E-state index contributed by atoms with van der Waals surface area (Å²) in [4.78, 5) is 25.6. The first kappa shape index (κ1) is 14.5. The number of nitrogens with two attached hydrogens (primary N) is 1. The number of carboxylic acid groups (broad SMARTS) is 1. The van der Waals surface area contributed by atoms with Crippen LogP contribution in [0.2, 0.25) is 0 Å². The topological polar surface area (TPSA) is 110 Å². The van der Waals surface area contributed by atoms with E-state index in [0.717, 1.165) is 6.07 Å². The van der Waals surface area contributed by atoms with E-state index in [1.54, 1.807) is 4.57 Å². The van der Waals surface area contributed by atoms with Crippen molar-refractivity contribution < 1.29 is 19.1 Å². The summed E-state index contributed by atoms with van der Waals surface area (Å²) in [6.45, 7) is 0.817. The van der Waals surface area contributed by atoms with Crippen LogP contribution in [-0.2, 0) is 6.54 Å². The Bertz CT molecular complexity index is 684. The Kier molecular flexibility index (Phi) is 4.17. The fourth-order valence-corrected chi connectivity index (χ4v) is 1.79. The molecule has 7 nitrogen and oxygen atoms in total. The molecule has 0 aliphatic heterocycles. The molecule has 4 N–H and O–H groups in total. The van der Waals surface area contributed by atoms with Crippen LogP contribution in [0.25, 0.3) is 0 Å². The van der Waals surface area contributed by atoms with Gasteiger partial charge in [0, 0.05) is 25.0 Å². The maximum Gasteiger partial charge on any atom is 0.356 e. The molecular weight excluding hydrogens is 279 g/mol. The molecule has 2 rings (SSSR count). The zero-order valence-electron chi connectivity index (χ0n) is 10.9. The van der Waals surface area contributed by atoms with Crippen molar-refractivity contribution >= 4 is 17.6 Å². The molecule has 8 heteroatoms. The van der Waals surface area contributed by atoms with E-state index in [1.165, 1.54) is 24.7 Å². The molecule has 0 saturated carbocycles. The van der Waals surface area contributed by atoms with E-state index in [2.05, 4.69) is 10.3 Å². The summed E-state index contributed by atoms with van der Waals surface area (Å²) >= 11 is 0. The van der Waals surface area contributed by atoms with Gasteiger partial charge in [-0.3, -0.25) is 4.79 Å². The molecule has 0 saturated heterocycles. The molecule has 2 aromatic rings. The highest BCUT2D eigenvalue weighted by Crippen LogP contribution is 2.16.